The summed E-state index contributed by atoms with van der Waals surface area (Å²) in [5.74, 6) is 0.708. The van der Waals surface area contributed by atoms with Gasteiger partial charge in [-0.05, 0) is 12.3 Å². The maximum atomic E-state index is 11.6. The lowest BCUT2D eigenvalue weighted by molar-refractivity contribution is -0.124. The maximum absolute atomic E-state index is 11.6. The molecule has 0 fully saturated rings. The van der Waals surface area contributed by atoms with Crippen molar-refractivity contribution in [2.24, 2.45) is 11.1 Å². The molecule has 3 N–H and O–H groups in total. The second-order valence-electron chi connectivity index (χ2n) is 4.80. The van der Waals surface area contributed by atoms with Gasteiger partial charge in [-0.25, -0.2) is 0 Å². The Morgan fingerprint density at radius 2 is 2.19 bits per heavy atom. The number of nitrogens with zero attached hydrogens (tertiary/aromatic N) is 2. The Morgan fingerprint density at radius 3 is 2.62 bits per heavy atom. The highest BCUT2D eigenvalue weighted by Gasteiger charge is 2.27. The van der Waals surface area contributed by atoms with Crippen LogP contribution in [0.15, 0.2) is 4.52 Å². The minimum atomic E-state index is -0.559. The van der Waals surface area contributed by atoms with Gasteiger partial charge in [-0.15, -0.1) is 0 Å². The molecule has 0 spiro atoms. The van der Waals surface area contributed by atoms with Crippen LogP contribution < -0.4 is 11.1 Å². The monoisotopic (exact) mass is 226 g/mol. The lowest BCUT2D eigenvalue weighted by Gasteiger charge is -2.25. The third-order valence-electron chi connectivity index (χ3n) is 2.20. The quantitative estimate of drug-likeness (QED) is 0.776. The molecular weight excluding hydrogens is 208 g/mol. The van der Waals surface area contributed by atoms with E-state index in [1.807, 2.05) is 20.8 Å². The molecule has 0 aliphatic rings. The molecule has 1 aromatic heterocycles. The Bertz CT molecular complexity index is 367. The molecule has 0 unspecified atom stereocenters. The van der Waals surface area contributed by atoms with E-state index in [0.29, 0.717) is 11.7 Å². The van der Waals surface area contributed by atoms with Crippen LogP contribution in [0, 0.1) is 12.3 Å². The second-order valence-corrected chi connectivity index (χ2v) is 4.80. The van der Waals surface area contributed by atoms with Crippen molar-refractivity contribution >= 4 is 5.91 Å². The fraction of sp³-hybridized carbons (Fsp3) is 0.700. The van der Waals surface area contributed by atoms with Crippen molar-refractivity contribution in [1.29, 1.82) is 0 Å². The van der Waals surface area contributed by atoms with Gasteiger partial charge < -0.3 is 15.6 Å². The summed E-state index contributed by atoms with van der Waals surface area (Å²) >= 11 is 0. The molecule has 1 aromatic rings. The van der Waals surface area contributed by atoms with Gasteiger partial charge in [0.2, 0.25) is 11.8 Å². The van der Waals surface area contributed by atoms with Gasteiger partial charge in [0.25, 0.3) is 0 Å². The Kier molecular flexibility index (Phi) is 3.64. The normalized spacial score (nSPS) is 13.6. The third kappa shape index (κ3) is 3.30. The molecule has 0 aromatic carbocycles. The first-order chi connectivity index (χ1) is 7.30. The van der Waals surface area contributed by atoms with E-state index in [9.17, 15) is 4.79 Å². The average molecular weight is 226 g/mol. The molecule has 1 rings (SSSR count). The van der Waals surface area contributed by atoms with Gasteiger partial charge in [0.05, 0.1) is 12.6 Å². The molecule has 0 saturated carbocycles. The molecule has 1 atom stereocenters. The number of nitrogens with two attached hydrogens (primary N) is 1. The number of carbonyl (C=O) groups is 1. The summed E-state index contributed by atoms with van der Waals surface area (Å²) in [4.78, 5) is 15.6. The first-order valence-corrected chi connectivity index (χ1v) is 5.13. The molecule has 0 aliphatic heterocycles. The molecule has 0 radical (unpaired) electrons. The highest BCUT2D eigenvalue weighted by Crippen LogP contribution is 2.17. The highest BCUT2D eigenvalue weighted by atomic mass is 16.5. The molecule has 6 nitrogen and oxygen atoms in total. The minimum absolute atomic E-state index is 0.212. The number of amides is 1. The van der Waals surface area contributed by atoms with Gasteiger partial charge >= 0.3 is 0 Å². The van der Waals surface area contributed by atoms with Crippen LogP contribution in [0.4, 0.5) is 0 Å². The summed E-state index contributed by atoms with van der Waals surface area (Å²) in [5, 5.41) is 6.28. The molecule has 1 heterocycles. The molecule has 1 amide bonds. The fourth-order valence-corrected chi connectivity index (χ4v) is 1.08. The maximum Gasteiger partial charge on any atom is 0.246 e. The number of hydrogen-bond donors (Lipinski definition) is 2. The molecule has 90 valence electrons. The van der Waals surface area contributed by atoms with E-state index in [1.54, 1.807) is 6.92 Å². The molecular formula is C10H18N4O2. The van der Waals surface area contributed by atoms with Gasteiger partial charge in [0.15, 0.2) is 5.82 Å². The molecule has 0 aliphatic carbocycles. The summed E-state index contributed by atoms with van der Waals surface area (Å²) < 4.78 is 4.86. The van der Waals surface area contributed by atoms with Crippen molar-refractivity contribution in [3.8, 4) is 0 Å². The zero-order chi connectivity index (χ0) is 12.3. The summed E-state index contributed by atoms with van der Waals surface area (Å²) in [6.45, 7) is 7.66. The van der Waals surface area contributed by atoms with Gasteiger partial charge in [-0.1, -0.05) is 25.9 Å². The van der Waals surface area contributed by atoms with Gasteiger partial charge in [-0.2, -0.15) is 4.98 Å². The van der Waals surface area contributed by atoms with E-state index in [4.69, 9.17) is 10.3 Å². The fourth-order valence-electron chi connectivity index (χ4n) is 1.08. The summed E-state index contributed by atoms with van der Waals surface area (Å²) in [7, 11) is 0. The SMILES string of the molecule is Cc1noc(CNC(=O)[C@@H](N)C(C)(C)C)n1. The van der Waals surface area contributed by atoms with E-state index in [-0.39, 0.29) is 17.9 Å². The van der Waals surface area contributed by atoms with Crippen LogP contribution >= 0.6 is 0 Å². The standard InChI is InChI=1S/C10H18N4O2/c1-6-13-7(16-14-6)5-12-9(15)8(11)10(2,3)4/h8H,5,11H2,1-4H3,(H,12,15)/t8-/m1/s1. The number of carbonyl (C=O) groups excluding carboxylic acids is 1. The zero-order valence-electron chi connectivity index (χ0n) is 10.1. The summed E-state index contributed by atoms with van der Waals surface area (Å²) in [6, 6.07) is -0.559. The first kappa shape index (κ1) is 12.6. The first-order valence-electron chi connectivity index (χ1n) is 5.13. The number of hydrogen-bond acceptors (Lipinski definition) is 5. The van der Waals surface area contributed by atoms with Crippen molar-refractivity contribution < 1.29 is 9.32 Å². The second kappa shape index (κ2) is 4.61. The lowest BCUT2D eigenvalue weighted by atomic mass is 9.87. The van der Waals surface area contributed by atoms with E-state index in [0.717, 1.165) is 0 Å². The summed E-state index contributed by atoms with van der Waals surface area (Å²) in [6.07, 6.45) is 0. The summed E-state index contributed by atoms with van der Waals surface area (Å²) in [5.41, 5.74) is 5.52. The zero-order valence-corrected chi connectivity index (χ0v) is 10.1. The van der Waals surface area contributed by atoms with Crippen molar-refractivity contribution in [2.45, 2.75) is 40.3 Å². The van der Waals surface area contributed by atoms with Gasteiger partial charge in [-0.3, -0.25) is 4.79 Å². The smallest absolute Gasteiger partial charge is 0.246 e. The Balaban J connectivity index is 2.47. The van der Waals surface area contributed by atoms with Crippen LogP contribution in [0.5, 0.6) is 0 Å². The predicted molar refractivity (Wildman–Crippen MR) is 58.3 cm³/mol. The minimum Gasteiger partial charge on any atom is -0.346 e. The lowest BCUT2D eigenvalue weighted by Crippen LogP contribution is -2.48. The molecule has 16 heavy (non-hydrogen) atoms. The Hall–Kier alpha value is -1.43. The topological polar surface area (TPSA) is 94.0 Å². The van der Waals surface area contributed by atoms with Crippen molar-refractivity contribution in [3.05, 3.63) is 11.7 Å². The molecule has 0 saturated heterocycles. The van der Waals surface area contributed by atoms with Crippen molar-refractivity contribution in [3.63, 3.8) is 0 Å². The Morgan fingerprint density at radius 1 is 1.56 bits per heavy atom. The third-order valence-corrected chi connectivity index (χ3v) is 2.20. The molecule has 0 bridgehead atoms. The largest absolute Gasteiger partial charge is 0.346 e. The van der Waals surface area contributed by atoms with Crippen LogP contribution in [0.2, 0.25) is 0 Å². The van der Waals surface area contributed by atoms with E-state index in [2.05, 4.69) is 15.5 Å². The van der Waals surface area contributed by atoms with Crippen molar-refractivity contribution in [2.75, 3.05) is 0 Å². The van der Waals surface area contributed by atoms with Crippen LogP contribution in [0.25, 0.3) is 0 Å². The van der Waals surface area contributed by atoms with Crippen molar-refractivity contribution in [1.82, 2.24) is 15.5 Å². The number of rotatable bonds is 3. The van der Waals surface area contributed by atoms with Crippen LogP contribution in [-0.2, 0) is 11.3 Å². The highest BCUT2D eigenvalue weighted by molar-refractivity contribution is 5.82. The van der Waals surface area contributed by atoms with Gasteiger partial charge in [0.1, 0.15) is 0 Å². The predicted octanol–water partition coefficient (Wildman–Crippen LogP) is 0.368. The number of aromatic nitrogens is 2. The molecule has 6 heteroatoms. The Labute approximate surface area is 94.6 Å². The van der Waals surface area contributed by atoms with Crippen LogP contribution in [0.3, 0.4) is 0 Å². The van der Waals surface area contributed by atoms with Crippen LogP contribution in [0.1, 0.15) is 32.5 Å². The average Bonchev–Trinajstić information content (AvgIpc) is 2.58. The number of aryl methyl sites for hydroxylation is 1. The van der Waals surface area contributed by atoms with Gasteiger partial charge in [0, 0.05) is 0 Å². The number of nitrogens with one attached hydrogen (secondary N) is 1. The van der Waals surface area contributed by atoms with Crippen LogP contribution in [-0.4, -0.2) is 22.1 Å². The van der Waals surface area contributed by atoms with E-state index in [1.165, 1.54) is 0 Å². The van der Waals surface area contributed by atoms with E-state index < -0.39 is 6.04 Å². The van der Waals surface area contributed by atoms with E-state index >= 15 is 0 Å².